The quantitative estimate of drug-likeness (QED) is 0.386. The van der Waals surface area contributed by atoms with E-state index in [0.717, 1.165) is 17.7 Å². The molecule has 1 aliphatic rings. The molecule has 3 rings (SSSR count). The third-order valence-corrected chi connectivity index (χ3v) is 6.33. The maximum absolute atomic E-state index is 12.3. The molecule has 0 saturated heterocycles. The highest BCUT2D eigenvalue weighted by molar-refractivity contribution is 8.00. The second-order valence-corrected chi connectivity index (χ2v) is 7.73. The number of esters is 1. The molecule has 2 aromatic carbocycles. The predicted molar refractivity (Wildman–Crippen MR) is 106 cm³/mol. The topological polar surface area (TPSA) is 46.6 Å². The molecule has 8 heteroatoms. The van der Waals surface area contributed by atoms with Gasteiger partial charge < -0.3 is 9.64 Å². The number of benzene rings is 2. The van der Waals surface area contributed by atoms with E-state index in [-0.39, 0.29) is 23.3 Å². The maximum atomic E-state index is 12.3. The van der Waals surface area contributed by atoms with Crippen LogP contribution in [0.1, 0.15) is 5.56 Å². The second-order valence-electron chi connectivity index (χ2n) is 5.55. The normalized spacial score (nSPS) is 12.8. The molecule has 0 atom stereocenters. The lowest BCUT2D eigenvalue weighted by molar-refractivity contribution is -0.145. The Morgan fingerprint density at radius 3 is 2.65 bits per heavy atom. The summed E-state index contributed by atoms with van der Waals surface area (Å²) in [5, 5.41) is 0.886. The first-order chi connectivity index (χ1) is 12.5. The van der Waals surface area contributed by atoms with Crippen molar-refractivity contribution in [3.63, 3.8) is 0 Å². The molecule has 2 aromatic rings. The van der Waals surface area contributed by atoms with Crippen molar-refractivity contribution in [2.24, 2.45) is 0 Å². The lowest BCUT2D eigenvalue weighted by Crippen LogP contribution is -2.33. The first kappa shape index (κ1) is 19.4. The van der Waals surface area contributed by atoms with Crippen LogP contribution in [0.25, 0.3) is 0 Å². The van der Waals surface area contributed by atoms with Gasteiger partial charge in [0.1, 0.15) is 0 Å². The van der Waals surface area contributed by atoms with E-state index in [4.69, 9.17) is 39.5 Å². The zero-order chi connectivity index (χ0) is 18.7. The molecule has 0 aromatic heterocycles. The van der Waals surface area contributed by atoms with Gasteiger partial charge in [-0.15, -0.1) is 11.8 Å². The molecule has 0 radical (unpaired) electrons. The van der Waals surface area contributed by atoms with Crippen LogP contribution < -0.4 is 4.90 Å². The third kappa shape index (κ3) is 4.29. The van der Waals surface area contributed by atoms with Crippen molar-refractivity contribution in [1.29, 1.82) is 0 Å². The summed E-state index contributed by atoms with van der Waals surface area (Å²) in [5.74, 6) is -0.722. The standard InChI is InChI=1S/C18H14Cl3NO3S/c19-12-5-6-14(18(21)17(12)20)26-10-16(24)25-9-15(23)22-8-7-11-3-1-2-4-13(11)22/h1-6H,7-10H2. The summed E-state index contributed by atoms with van der Waals surface area (Å²) < 4.78 is 5.09. The number of rotatable bonds is 5. The third-order valence-electron chi connectivity index (χ3n) is 3.89. The van der Waals surface area contributed by atoms with E-state index in [2.05, 4.69) is 0 Å². The average Bonchev–Trinajstić information content (AvgIpc) is 3.08. The Balaban J connectivity index is 1.51. The van der Waals surface area contributed by atoms with E-state index in [0.29, 0.717) is 21.5 Å². The molecular formula is C18H14Cl3NO3S. The van der Waals surface area contributed by atoms with Gasteiger partial charge in [-0.3, -0.25) is 9.59 Å². The molecule has 0 bridgehead atoms. The number of hydrogen-bond acceptors (Lipinski definition) is 4. The van der Waals surface area contributed by atoms with Gasteiger partial charge in [0.25, 0.3) is 5.91 Å². The average molecular weight is 431 g/mol. The SMILES string of the molecule is O=C(CSc1ccc(Cl)c(Cl)c1Cl)OCC(=O)N1CCc2ccccc21. The Morgan fingerprint density at radius 2 is 1.85 bits per heavy atom. The van der Waals surface area contributed by atoms with Gasteiger partial charge in [-0.25, -0.2) is 0 Å². The number of carbonyl (C=O) groups excluding carboxylic acids is 2. The fourth-order valence-electron chi connectivity index (χ4n) is 2.62. The number of anilines is 1. The maximum Gasteiger partial charge on any atom is 0.316 e. The molecule has 0 fully saturated rings. The van der Waals surface area contributed by atoms with Crippen LogP contribution in [0, 0.1) is 0 Å². The van der Waals surface area contributed by atoms with E-state index in [1.807, 2.05) is 24.3 Å². The van der Waals surface area contributed by atoms with Crippen molar-refractivity contribution in [2.75, 3.05) is 23.8 Å². The Kier molecular flexibility index (Phi) is 6.35. The van der Waals surface area contributed by atoms with Crippen molar-refractivity contribution in [3.05, 3.63) is 57.0 Å². The van der Waals surface area contributed by atoms with Gasteiger partial charge in [-0.05, 0) is 30.2 Å². The minimum atomic E-state index is -0.502. The smallest absolute Gasteiger partial charge is 0.316 e. The molecule has 4 nitrogen and oxygen atoms in total. The van der Waals surface area contributed by atoms with Crippen LogP contribution >= 0.6 is 46.6 Å². The molecule has 136 valence electrons. The summed E-state index contributed by atoms with van der Waals surface area (Å²) >= 11 is 19.1. The van der Waals surface area contributed by atoms with Gasteiger partial charge in [0, 0.05) is 17.1 Å². The van der Waals surface area contributed by atoms with E-state index in [1.165, 1.54) is 11.8 Å². The van der Waals surface area contributed by atoms with Gasteiger partial charge in [-0.1, -0.05) is 53.0 Å². The van der Waals surface area contributed by atoms with Crippen LogP contribution in [0.5, 0.6) is 0 Å². The van der Waals surface area contributed by atoms with Crippen LogP contribution in [0.2, 0.25) is 15.1 Å². The highest BCUT2D eigenvalue weighted by Crippen LogP contribution is 2.37. The summed E-state index contributed by atoms with van der Waals surface area (Å²) in [6.45, 7) is 0.312. The van der Waals surface area contributed by atoms with Gasteiger partial charge in [0.05, 0.1) is 20.8 Å². The Labute approximate surface area is 170 Å². The van der Waals surface area contributed by atoms with Crippen LogP contribution in [0.3, 0.4) is 0 Å². The molecule has 0 spiro atoms. The molecule has 0 aliphatic carbocycles. The molecule has 0 saturated carbocycles. The van der Waals surface area contributed by atoms with Crippen molar-refractivity contribution in [3.8, 4) is 0 Å². The number of carbonyl (C=O) groups is 2. The zero-order valence-corrected chi connectivity index (χ0v) is 16.6. The van der Waals surface area contributed by atoms with E-state index in [1.54, 1.807) is 17.0 Å². The minimum absolute atomic E-state index is 0.0154. The Morgan fingerprint density at radius 1 is 1.08 bits per heavy atom. The van der Waals surface area contributed by atoms with Gasteiger partial charge in [0.15, 0.2) is 6.61 Å². The summed E-state index contributed by atoms with van der Waals surface area (Å²) in [7, 11) is 0. The second kappa shape index (κ2) is 8.53. The number of ether oxygens (including phenoxy) is 1. The lowest BCUT2D eigenvalue weighted by Gasteiger charge is -2.17. The number of nitrogens with zero attached hydrogens (tertiary/aromatic N) is 1. The van der Waals surface area contributed by atoms with Crippen LogP contribution in [0.15, 0.2) is 41.3 Å². The Hall–Kier alpha value is -1.40. The molecule has 26 heavy (non-hydrogen) atoms. The number of halogens is 3. The summed E-state index contributed by atoms with van der Waals surface area (Å²) in [6.07, 6.45) is 0.807. The van der Waals surface area contributed by atoms with E-state index >= 15 is 0 Å². The zero-order valence-electron chi connectivity index (χ0n) is 13.5. The van der Waals surface area contributed by atoms with Gasteiger partial charge >= 0.3 is 5.97 Å². The molecular weight excluding hydrogens is 417 g/mol. The van der Waals surface area contributed by atoms with Gasteiger partial charge in [0.2, 0.25) is 0 Å². The highest BCUT2D eigenvalue weighted by Gasteiger charge is 2.24. The fourth-order valence-corrected chi connectivity index (χ4v) is 4.12. The number of hydrogen-bond donors (Lipinski definition) is 0. The Bertz CT molecular complexity index is 860. The lowest BCUT2D eigenvalue weighted by atomic mass is 10.2. The summed E-state index contributed by atoms with van der Waals surface area (Å²) in [5.41, 5.74) is 2.00. The first-order valence-corrected chi connectivity index (χ1v) is 9.89. The monoisotopic (exact) mass is 429 g/mol. The summed E-state index contributed by atoms with van der Waals surface area (Å²) in [6, 6.07) is 11.0. The fraction of sp³-hybridized carbons (Fsp3) is 0.222. The largest absolute Gasteiger partial charge is 0.455 e. The van der Waals surface area contributed by atoms with Crippen molar-refractivity contribution >= 4 is 64.1 Å². The number of fused-ring (bicyclic) bond motifs is 1. The first-order valence-electron chi connectivity index (χ1n) is 7.77. The number of thioether (sulfide) groups is 1. The van der Waals surface area contributed by atoms with Crippen LogP contribution in [0.4, 0.5) is 5.69 Å². The summed E-state index contributed by atoms with van der Waals surface area (Å²) in [4.78, 5) is 26.5. The molecule has 1 aliphatic heterocycles. The molecule has 1 heterocycles. The molecule has 0 N–H and O–H groups in total. The molecule has 1 amide bonds. The van der Waals surface area contributed by atoms with Crippen molar-refractivity contribution < 1.29 is 14.3 Å². The van der Waals surface area contributed by atoms with Crippen molar-refractivity contribution in [2.45, 2.75) is 11.3 Å². The highest BCUT2D eigenvalue weighted by atomic mass is 35.5. The van der Waals surface area contributed by atoms with Gasteiger partial charge in [-0.2, -0.15) is 0 Å². The molecule has 0 unspecified atom stereocenters. The van der Waals surface area contributed by atoms with Crippen molar-refractivity contribution in [1.82, 2.24) is 0 Å². The van der Waals surface area contributed by atoms with E-state index in [9.17, 15) is 9.59 Å². The number of amides is 1. The van der Waals surface area contributed by atoms with Crippen LogP contribution in [-0.4, -0.2) is 30.8 Å². The number of para-hydroxylation sites is 1. The van der Waals surface area contributed by atoms with Crippen LogP contribution in [-0.2, 0) is 20.7 Å². The van der Waals surface area contributed by atoms with E-state index < -0.39 is 5.97 Å². The minimum Gasteiger partial charge on any atom is -0.455 e. The predicted octanol–water partition coefficient (Wildman–Crippen LogP) is 4.87.